The maximum absolute atomic E-state index is 11.3. The first-order valence-corrected chi connectivity index (χ1v) is 4.05. The summed E-state index contributed by atoms with van der Waals surface area (Å²) in [5, 5.41) is 7.62. The maximum Gasteiger partial charge on any atom is 0.217 e. The highest BCUT2D eigenvalue weighted by Gasteiger charge is 2.32. The van der Waals surface area contributed by atoms with Gasteiger partial charge in [-0.15, -0.1) is 6.42 Å². The standard InChI is InChI=1S/C9HCl2NO2/c1-2-4-6(10)9(14)5(3-12)7(11)8(4)13/h1H. The Morgan fingerprint density at radius 2 is 1.50 bits per heavy atom. The Morgan fingerprint density at radius 3 is 1.93 bits per heavy atom. The third-order valence-corrected chi connectivity index (χ3v) is 2.27. The third-order valence-electron chi connectivity index (χ3n) is 1.55. The summed E-state index contributed by atoms with van der Waals surface area (Å²) in [6.07, 6.45) is 4.97. The second kappa shape index (κ2) is 3.67. The fourth-order valence-corrected chi connectivity index (χ4v) is 1.33. The zero-order valence-corrected chi connectivity index (χ0v) is 8.11. The zero-order chi connectivity index (χ0) is 10.9. The summed E-state index contributed by atoms with van der Waals surface area (Å²) in [6, 6.07) is 1.50. The number of carbonyl (C=O) groups is 2. The number of carbonyl (C=O) groups excluding carboxylic acids is 2. The minimum absolute atomic E-state index is 0.305. The van der Waals surface area contributed by atoms with Crippen LogP contribution in [0.4, 0.5) is 0 Å². The Kier molecular flexibility index (Phi) is 2.76. The molecule has 0 aromatic heterocycles. The van der Waals surface area contributed by atoms with E-state index in [2.05, 4.69) is 0 Å². The number of nitrogens with zero attached hydrogens (tertiary/aromatic N) is 1. The molecule has 1 rings (SSSR count). The van der Waals surface area contributed by atoms with Crippen LogP contribution in [0.15, 0.2) is 21.2 Å². The lowest BCUT2D eigenvalue weighted by molar-refractivity contribution is -0.115. The van der Waals surface area contributed by atoms with E-state index in [1.807, 2.05) is 5.92 Å². The van der Waals surface area contributed by atoms with Crippen molar-refractivity contribution in [2.75, 3.05) is 0 Å². The van der Waals surface area contributed by atoms with Gasteiger partial charge in [0, 0.05) is 0 Å². The Bertz CT molecular complexity index is 440. The lowest BCUT2D eigenvalue weighted by Crippen LogP contribution is -2.18. The fraction of sp³-hybridized carbons (Fsp3) is 0. The first-order valence-electron chi connectivity index (χ1n) is 3.30. The van der Waals surface area contributed by atoms with Crippen molar-refractivity contribution in [1.29, 1.82) is 5.26 Å². The topological polar surface area (TPSA) is 57.9 Å². The molecule has 0 atom stereocenters. The number of Topliss-reactive ketones (excluding diaryl/α,β-unsaturated/α-hetero) is 2. The van der Waals surface area contributed by atoms with E-state index < -0.39 is 27.2 Å². The van der Waals surface area contributed by atoms with Crippen LogP contribution in [0, 0.1) is 23.7 Å². The summed E-state index contributed by atoms with van der Waals surface area (Å²) in [6.45, 7) is 0. The van der Waals surface area contributed by atoms with E-state index in [0.717, 1.165) is 0 Å². The number of allylic oxidation sites excluding steroid dienone is 4. The van der Waals surface area contributed by atoms with Crippen LogP contribution < -0.4 is 0 Å². The monoisotopic (exact) mass is 225 g/mol. The first kappa shape index (κ1) is 10.5. The third kappa shape index (κ3) is 1.33. The van der Waals surface area contributed by atoms with Crippen molar-refractivity contribution < 1.29 is 9.59 Å². The maximum atomic E-state index is 11.3. The van der Waals surface area contributed by atoms with Crippen molar-refractivity contribution in [3.8, 4) is 18.4 Å². The molecule has 0 aromatic rings. The molecule has 0 heterocycles. The summed E-state index contributed by atoms with van der Waals surface area (Å²) < 4.78 is 0. The molecular formula is C9HCl2NO2. The summed E-state index contributed by atoms with van der Waals surface area (Å²) in [7, 11) is 0. The van der Waals surface area contributed by atoms with Crippen LogP contribution >= 0.6 is 23.2 Å². The number of terminal acetylenes is 1. The number of hydrogen-bond acceptors (Lipinski definition) is 3. The van der Waals surface area contributed by atoms with Gasteiger partial charge in [-0.3, -0.25) is 9.59 Å². The van der Waals surface area contributed by atoms with Gasteiger partial charge in [-0.2, -0.15) is 5.26 Å². The van der Waals surface area contributed by atoms with Gasteiger partial charge in [0.2, 0.25) is 11.6 Å². The van der Waals surface area contributed by atoms with E-state index in [0.29, 0.717) is 0 Å². The highest BCUT2D eigenvalue weighted by atomic mass is 35.5. The van der Waals surface area contributed by atoms with Gasteiger partial charge in [-0.1, -0.05) is 29.1 Å². The molecular weight excluding hydrogens is 225 g/mol. The van der Waals surface area contributed by atoms with Gasteiger partial charge in [0.05, 0.1) is 5.57 Å². The van der Waals surface area contributed by atoms with Crippen LogP contribution in [0.1, 0.15) is 0 Å². The van der Waals surface area contributed by atoms with Gasteiger partial charge in [0.1, 0.15) is 21.7 Å². The van der Waals surface area contributed by atoms with Crippen molar-refractivity contribution in [1.82, 2.24) is 0 Å². The van der Waals surface area contributed by atoms with Crippen LogP contribution in [0.2, 0.25) is 0 Å². The molecule has 68 valence electrons. The summed E-state index contributed by atoms with van der Waals surface area (Å²) in [4.78, 5) is 22.6. The average Bonchev–Trinajstić information content (AvgIpc) is 2.17. The summed E-state index contributed by atoms with van der Waals surface area (Å²) in [5.74, 6) is 0.377. The predicted octanol–water partition coefficient (Wildman–Crippen LogP) is 1.28. The van der Waals surface area contributed by atoms with Crippen LogP contribution in [0.3, 0.4) is 0 Å². The molecule has 5 heteroatoms. The molecule has 0 saturated carbocycles. The number of hydrogen-bond donors (Lipinski definition) is 0. The number of ketones is 2. The lowest BCUT2D eigenvalue weighted by Gasteiger charge is -2.09. The van der Waals surface area contributed by atoms with E-state index in [9.17, 15) is 9.59 Å². The molecule has 1 aliphatic rings. The Hall–Kier alpha value is -1.55. The van der Waals surface area contributed by atoms with Crippen LogP contribution in [-0.2, 0) is 9.59 Å². The molecule has 0 aliphatic heterocycles. The molecule has 1 aliphatic carbocycles. The minimum atomic E-state index is -0.813. The molecule has 0 bridgehead atoms. The minimum Gasteiger partial charge on any atom is -0.287 e. The van der Waals surface area contributed by atoms with Crippen LogP contribution in [-0.4, -0.2) is 11.6 Å². The molecule has 3 nitrogen and oxygen atoms in total. The van der Waals surface area contributed by atoms with E-state index >= 15 is 0 Å². The van der Waals surface area contributed by atoms with E-state index in [4.69, 9.17) is 34.9 Å². The molecule has 0 radical (unpaired) electrons. The zero-order valence-electron chi connectivity index (χ0n) is 6.60. The molecule has 0 saturated heterocycles. The Labute approximate surface area is 89.6 Å². The normalized spacial score (nSPS) is 16.9. The fourth-order valence-electron chi connectivity index (χ4n) is 0.875. The van der Waals surface area contributed by atoms with Gasteiger partial charge < -0.3 is 0 Å². The van der Waals surface area contributed by atoms with Gasteiger partial charge in [0.15, 0.2) is 0 Å². The number of nitriles is 1. The van der Waals surface area contributed by atoms with E-state index in [1.165, 1.54) is 6.07 Å². The predicted molar refractivity (Wildman–Crippen MR) is 50.2 cm³/mol. The largest absolute Gasteiger partial charge is 0.287 e. The number of halogens is 2. The average molecular weight is 226 g/mol. The van der Waals surface area contributed by atoms with Crippen molar-refractivity contribution in [2.24, 2.45) is 0 Å². The summed E-state index contributed by atoms with van der Waals surface area (Å²) >= 11 is 11.0. The molecule has 0 spiro atoms. The van der Waals surface area contributed by atoms with Gasteiger partial charge in [0.25, 0.3) is 0 Å². The van der Waals surface area contributed by atoms with E-state index in [1.54, 1.807) is 0 Å². The van der Waals surface area contributed by atoms with E-state index in [-0.39, 0.29) is 5.57 Å². The SMILES string of the molecule is C#CC1=C(Cl)C(=O)C(C#N)=C(Cl)C1=O. The van der Waals surface area contributed by atoms with Crippen molar-refractivity contribution >= 4 is 34.8 Å². The molecule has 0 fully saturated rings. The quantitative estimate of drug-likeness (QED) is 0.461. The smallest absolute Gasteiger partial charge is 0.217 e. The molecule has 0 N–H and O–H groups in total. The lowest BCUT2D eigenvalue weighted by atomic mass is 9.98. The molecule has 14 heavy (non-hydrogen) atoms. The van der Waals surface area contributed by atoms with Gasteiger partial charge in [-0.25, -0.2) is 0 Å². The highest BCUT2D eigenvalue weighted by Crippen LogP contribution is 2.28. The second-order valence-corrected chi connectivity index (χ2v) is 3.05. The number of rotatable bonds is 0. The van der Waals surface area contributed by atoms with Gasteiger partial charge >= 0.3 is 0 Å². The van der Waals surface area contributed by atoms with Crippen LogP contribution in [0.5, 0.6) is 0 Å². The Balaban J connectivity index is 3.47. The molecule has 0 amide bonds. The van der Waals surface area contributed by atoms with Crippen molar-refractivity contribution in [3.05, 3.63) is 21.2 Å². The first-order chi connectivity index (χ1) is 6.54. The Morgan fingerprint density at radius 1 is 1.07 bits per heavy atom. The molecule has 0 unspecified atom stereocenters. The van der Waals surface area contributed by atoms with Gasteiger partial charge in [-0.05, 0) is 0 Å². The summed E-state index contributed by atoms with van der Waals surface area (Å²) in [5.41, 5.74) is -0.777. The highest BCUT2D eigenvalue weighted by molar-refractivity contribution is 6.57. The van der Waals surface area contributed by atoms with Crippen LogP contribution in [0.25, 0.3) is 0 Å². The second-order valence-electron chi connectivity index (χ2n) is 2.29. The van der Waals surface area contributed by atoms with Crippen molar-refractivity contribution in [3.63, 3.8) is 0 Å². The molecule has 0 aromatic carbocycles. The van der Waals surface area contributed by atoms with Crippen molar-refractivity contribution in [2.45, 2.75) is 0 Å².